The molecule has 9 nitrogen and oxygen atoms in total. The molecule has 0 radical (unpaired) electrons. The van der Waals surface area contributed by atoms with Gasteiger partial charge in [-0.05, 0) is 98.4 Å². The summed E-state index contributed by atoms with van der Waals surface area (Å²) in [5, 5.41) is 27.0. The number of nitrogens with one attached hydrogen (secondary N) is 2. The van der Waals surface area contributed by atoms with E-state index in [0.29, 0.717) is 29.0 Å². The zero-order valence-corrected chi connectivity index (χ0v) is 26.4. The van der Waals surface area contributed by atoms with Crippen LogP contribution < -0.4 is 15.4 Å². The lowest BCUT2D eigenvalue weighted by Crippen LogP contribution is -2.44. The van der Waals surface area contributed by atoms with Gasteiger partial charge in [0.25, 0.3) is 5.91 Å². The van der Waals surface area contributed by atoms with Crippen LogP contribution in [0.5, 0.6) is 5.75 Å². The number of aliphatic hydroxyl groups excluding tert-OH is 1. The number of furan rings is 1. The number of nitrogens with zero attached hydrogens (tertiary/aromatic N) is 3. The number of likely N-dealkylation sites (tertiary alicyclic amines) is 2. The SMILES string of the molecule is N#Cc1ccc(CN2CCC(NC(O)c3cc4cc(C(=O)NC5CCN(Cc6ccc(OC(F)(F)F)cc6)CC5)ccc4o3)CC2)cc1. The van der Waals surface area contributed by atoms with Crippen LogP contribution in [0.4, 0.5) is 13.2 Å². The highest BCUT2D eigenvalue weighted by molar-refractivity contribution is 5.98. The number of rotatable bonds is 10. The maximum absolute atomic E-state index is 13.1. The molecule has 3 heterocycles. The molecule has 3 aromatic carbocycles. The third-order valence-electron chi connectivity index (χ3n) is 9.02. The third-order valence-corrected chi connectivity index (χ3v) is 9.02. The van der Waals surface area contributed by atoms with E-state index in [1.807, 2.05) is 24.3 Å². The molecule has 2 aliphatic heterocycles. The van der Waals surface area contributed by atoms with Crippen molar-refractivity contribution < 1.29 is 32.2 Å². The number of fused-ring (bicyclic) bond motifs is 1. The van der Waals surface area contributed by atoms with E-state index in [1.54, 1.807) is 36.4 Å². The fraction of sp³-hybridized carbons (Fsp3) is 0.389. The lowest BCUT2D eigenvalue weighted by molar-refractivity contribution is -0.274. The van der Waals surface area contributed by atoms with Crippen molar-refractivity contribution in [3.8, 4) is 11.8 Å². The Hall–Kier alpha value is -4.41. The van der Waals surface area contributed by atoms with Crippen molar-refractivity contribution in [3.05, 3.63) is 101 Å². The zero-order chi connectivity index (χ0) is 33.7. The van der Waals surface area contributed by atoms with Gasteiger partial charge in [-0.25, -0.2) is 0 Å². The summed E-state index contributed by atoms with van der Waals surface area (Å²) >= 11 is 0. The van der Waals surface area contributed by atoms with E-state index in [9.17, 15) is 23.1 Å². The maximum atomic E-state index is 13.1. The van der Waals surface area contributed by atoms with E-state index in [0.717, 1.165) is 69.4 Å². The smallest absolute Gasteiger partial charge is 0.457 e. The zero-order valence-electron chi connectivity index (χ0n) is 26.4. The van der Waals surface area contributed by atoms with Crippen LogP contribution in [0.1, 0.15) is 64.7 Å². The van der Waals surface area contributed by atoms with Gasteiger partial charge in [-0.1, -0.05) is 24.3 Å². The molecule has 3 N–H and O–H groups in total. The Balaban J connectivity index is 0.947. The van der Waals surface area contributed by atoms with Crippen LogP contribution in [-0.2, 0) is 13.1 Å². The van der Waals surface area contributed by atoms with Gasteiger partial charge in [0.2, 0.25) is 0 Å². The molecule has 0 aliphatic carbocycles. The van der Waals surface area contributed by atoms with Crippen molar-refractivity contribution in [2.24, 2.45) is 0 Å². The highest BCUT2D eigenvalue weighted by atomic mass is 19.4. The second-order valence-electron chi connectivity index (χ2n) is 12.5. The minimum Gasteiger partial charge on any atom is -0.457 e. The van der Waals surface area contributed by atoms with Crippen molar-refractivity contribution in [1.29, 1.82) is 5.26 Å². The Bertz CT molecular complexity index is 1720. The Kier molecular flexibility index (Phi) is 10.3. The summed E-state index contributed by atoms with van der Waals surface area (Å²) in [6.07, 6.45) is -2.41. The van der Waals surface area contributed by atoms with E-state index >= 15 is 0 Å². The van der Waals surface area contributed by atoms with Crippen molar-refractivity contribution in [3.63, 3.8) is 0 Å². The summed E-state index contributed by atoms with van der Waals surface area (Å²) in [5.41, 5.74) is 3.82. The fourth-order valence-corrected chi connectivity index (χ4v) is 6.40. The Labute approximate surface area is 276 Å². The van der Waals surface area contributed by atoms with Gasteiger partial charge in [0.1, 0.15) is 17.1 Å². The molecule has 1 aromatic heterocycles. The van der Waals surface area contributed by atoms with Crippen LogP contribution in [0.2, 0.25) is 0 Å². The Morgan fingerprint density at radius 1 is 0.896 bits per heavy atom. The first-order chi connectivity index (χ1) is 23.1. The predicted octanol–water partition coefficient (Wildman–Crippen LogP) is 5.84. The molecule has 0 spiro atoms. The second-order valence-corrected chi connectivity index (χ2v) is 12.5. The number of alkyl halides is 3. The average Bonchev–Trinajstić information content (AvgIpc) is 3.51. The van der Waals surface area contributed by atoms with Crippen molar-refractivity contribution >= 4 is 16.9 Å². The number of amides is 1. The number of aliphatic hydroxyl groups is 1. The molecule has 1 amide bonds. The molecule has 252 valence electrons. The molecule has 1 atom stereocenters. The van der Waals surface area contributed by atoms with Gasteiger partial charge in [-0.2, -0.15) is 5.26 Å². The van der Waals surface area contributed by atoms with Gasteiger partial charge in [0.15, 0.2) is 6.23 Å². The predicted molar refractivity (Wildman–Crippen MR) is 173 cm³/mol. The molecular weight excluding hydrogens is 623 g/mol. The molecule has 12 heteroatoms. The second kappa shape index (κ2) is 14.8. The van der Waals surface area contributed by atoms with E-state index in [-0.39, 0.29) is 23.7 Å². The largest absolute Gasteiger partial charge is 0.573 e. The number of nitriles is 1. The number of carbonyl (C=O) groups is 1. The molecular formula is C36H38F3N5O4. The van der Waals surface area contributed by atoms with Crippen LogP contribution in [0, 0.1) is 11.3 Å². The van der Waals surface area contributed by atoms with E-state index in [4.69, 9.17) is 9.68 Å². The van der Waals surface area contributed by atoms with Crippen LogP contribution in [-0.4, -0.2) is 65.4 Å². The van der Waals surface area contributed by atoms with Gasteiger partial charge < -0.3 is 19.6 Å². The monoisotopic (exact) mass is 661 g/mol. The first-order valence-corrected chi connectivity index (χ1v) is 16.2. The minimum absolute atomic E-state index is 0.00784. The highest BCUT2D eigenvalue weighted by Gasteiger charge is 2.31. The maximum Gasteiger partial charge on any atom is 0.573 e. The Morgan fingerprint density at radius 3 is 2.06 bits per heavy atom. The van der Waals surface area contributed by atoms with Crippen LogP contribution in [0.25, 0.3) is 11.0 Å². The van der Waals surface area contributed by atoms with E-state index < -0.39 is 12.6 Å². The van der Waals surface area contributed by atoms with Gasteiger partial charge in [-0.15, -0.1) is 13.2 Å². The van der Waals surface area contributed by atoms with Crippen LogP contribution in [0.15, 0.2) is 77.2 Å². The summed E-state index contributed by atoms with van der Waals surface area (Å²) in [6, 6.07) is 22.8. The normalized spacial score (nSPS) is 17.6. The number of hydrogen-bond acceptors (Lipinski definition) is 8. The lowest BCUT2D eigenvalue weighted by Gasteiger charge is -2.33. The van der Waals surface area contributed by atoms with Gasteiger partial charge in [-0.3, -0.25) is 19.9 Å². The van der Waals surface area contributed by atoms with Gasteiger partial charge in [0, 0.05) is 49.2 Å². The number of halogens is 3. The molecule has 0 saturated carbocycles. The lowest BCUT2D eigenvalue weighted by atomic mass is 10.0. The first kappa shape index (κ1) is 33.5. The van der Waals surface area contributed by atoms with Crippen molar-refractivity contribution in [2.75, 3.05) is 26.2 Å². The fourth-order valence-electron chi connectivity index (χ4n) is 6.40. The summed E-state index contributed by atoms with van der Waals surface area (Å²) in [4.78, 5) is 17.7. The van der Waals surface area contributed by atoms with Crippen LogP contribution in [0.3, 0.4) is 0 Å². The van der Waals surface area contributed by atoms with Crippen LogP contribution >= 0.6 is 0 Å². The van der Waals surface area contributed by atoms with Crippen molar-refractivity contribution in [1.82, 2.24) is 20.4 Å². The molecule has 1 unspecified atom stereocenters. The number of benzene rings is 3. The first-order valence-electron chi connectivity index (χ1n) is 16.2. The average molecular weight is 662 g/mol. The molecule has 6 rings (SSSR count). The number of piperidine rings is 2. The molecule has 2 saturated heterocycles. The number of carbonyl (C=O) groups excluding carboxylic acids is 1. The Morgan fingerprint density at radius 2 is 1.48 bits per heavy atom. The number of hydrogen-bond donors (Lipinski definition) is 3. The summed E-state index contributed by atoms with van der Waals surface area (Å²) in [7, 11) is 0. The van der Waals surface area contributed by atoms with E-state index in [2.05, 4.69) is 31.2 Å². The van der Waals surface area contributed by atoms with E-state index in [1.165, 1.54) is 17.7 Å². The summed E-state index contributed by atoms with van der Waals surface area (Å²) in [6.45, 7) is 4.70. The minimum atomic E-state index is -4.71. The summed E-state index contributed by atoms with van der Waals surface area (Å²) in [5.74, 6) is -0.0163. The van der Waals surface area contributed by atoms with Gasteiger partial charge in [0.05, 0.1) is 11.6 Å². The van der Waals surface area contributed by atoms with Gasteiger partial charge >= 0.3 is 6.36 Å². The summed E-state index contributed by atoms with van der Waals surface area (Å²) < 4.78 is 47.1. The molecule has 0 bridgehead atoms. The molecule has 2 fully saturated rings. The standard InChI is InChI=1S/C36H38F3N5O4/c37-36(38,39)48-31-8-5-26(6-9-31)23-44-15-11-29(12-16-44)41-34(45)27-7-10-32-28(19-27)20-33(47-32)35(46)42-30-13-17-43(18-14-30)22-25-3-1-24(21-40)2-4-25/h1-10,19-20,29-30,35,42,46H,11-18,22-23H2,(H,41,45). The third kappa shape index (κ3) is 8.93. The number of ether oxygens (including phenoxy) is 1. The molecule has 2 aliphatic rings. The van der Waals surface area contributed by atoms with Crippen molar-refractivity contribution in [2.45, 2.75) is 63.4 Å². The topological polar surface area (TPSA) is 114 Å². The highest BCUT2D eigenvalue weighted by Crippen LogP contribution is 2.27. The quantitative estimate of drug-likeness (QED) is 0.182. The molecule has 4 aromatic rings. The molecule has 48 heavy (non-hydrogen) atoms.